The molecule has 2 aliphatic heterocycles. The van der Waals surface area contributed by atoms with E-state index in [1.54, 1.807) is 19.3 Å². The third-order valence-electron chi connectivity index (χ3n) is 6.88. The lowest BCUT2D eigenvalue weighted by molar-refractivity contribution is -0.140. The van der Waals surface area contributed by atoms with E-state index in [0.29, 0.717) is 24.1 Å². The van der Waals surface area contributed by atoms with Crippen LogP contribution in [0.4, 0.5) is 18.9 Å². The molecule has 0 radical (unpaired) electrons. The number of aromatic nitrogens is 5. The van der Waals surface area contributed by atoms with Crippen molar-refractivity contribution in [1.82, 2.24) is 35.4 Å². The molecule has 1 unspecified atom stereocenters. The van der Waals surface area contributed by atoms with E-state index >= 15 is 0 Å². The molecule has 0 aliphatic carbocycles. The zero-order valence-corrected chi connectivity index (χ0v) is 19.0. The van der Waals surface area contributed by atoms with Gasteiger partial charge in [-0.2, -0.15) is 18.3 Å². The molecule has 3 aromatic heterocycles. The summed E-state index contributed by atoms with van der Waals surface area (Å²) < 4.78 is 39.3. The highest BCUT2D eigenvalue weighted by atomic mass is 19.4. The molecule has 35 heavy (non-hydrogen) atoms. The first-order valence-corrected chi connectivity index (χ1v) is 11.5. The van der Waals surface area contributed by atoms with Crippen LogP contribution in [0, 0.1) is 0 Å². The molecule has 5 heterocycles. The second-order valence-corrected chi connectivity index (χ2v) is 8.92. The summed E-state index contributed by atoms with van der Waals surface area (Å²) in [6.07, 6.45) is -0.352. The maximum Gasteiger partial charge on any atom is 0.436 e. The van der Waals surface area contributed by atoms with Crippen molar-refractivity contribution in [2.45, 2.75) is 37.4 Å². The number of H-pyrrole nitrogens is 2. The number of pyridine rings is 1. The maximum absolute atomic E-state index is 13.1. The molecule has 13 heteroatoms. The molecule has 5 rings (SSSR count). The normalized spacial score (nSPS) is 20.0. The van der Waals surface area contributed by atoms with Crippen LogP contribution in [0.5, 0.6) is 0 Å². The number of rotatable bonds is 4. The van der Waals surface area contributed by atoms with Crippen LogP contribution in [0.1, 0.15) is 47.2 Å². The number of anilines is 1. The molecule has 2 aliphatic rings. The zero-order valence-electron chi connectivity index (χ0n) is 19.0. The van der Waals surface area contributed by atoms with Crippen LogP contribution >= 0.6 is 0 Å². The first-order chi connectivity index (χ1) is 16.7. The molecule has 3 aromatic rings. The average molecular weight is 490 g/mol. The third-order valence-corrected chi connectivity index (χ3v) is 6.88. The van der Waals surface area contributed by atoms with Gasteiger partial charge in [-0.1, -0.05) is 0 Å². The molecule has 186 valence electrons. The second kappa shape index (κ2) is 8.95. The number of halogens is 3. The highest BCUT2D eigenvalue weighted by molar-refractivity contribution is 5.92. The van der Waals surface area contributed by atoms with Crippen LogP contribution < -0.4 is 15.8 Å². The Hall–Kier alpha value is -3.48. The molecule has 10 nitrogen and oxygen atoms in total. The lowest BCUT2D eigenvalue weighted by Gasteiger charge is -2.37. The summed E-state index contributed by atoms with van der Waals surface area (Å²) in [5.74, 6) is 0.105. The quantitative estimate of drug-likeness (QED) is 0.510. The van der Waals surface area contributed by atoms with Gasteiger partial charge in [-0.05, 0) is 37.9 Å². The predicted octanol–water partition coefficient (Wildman–Crippen LogP) is 1.88. The molecule has 0 saturated carbocycles. The van der Waals surface area contributed by atoms with Crippen LogP contribution in [0.2, 0.25) is 0 Å². The number of nitrogens with zero attached hydrogens (tertiary/aromatic N) is 5. The second-order valence-electron chi connectivity index (χ2n) is 8.92. The van der Waals surface area contributed by atoms with Crippen molar-refractivity contribution >= 4 is 22.6 Å². The summed E-state index contributed by atoms with van der Waals surface area (Å²) in [5.41, 5.74) is -0.856. The van der Waals surface area contributed by atoms with Gasteiger partial charge >= 0.3 is 6.18 Å². The summed E-state index contributed by atoms with van der Waals surface area (Å²) in [6, 6.07) is 3.99. The molecule has 0 bridgehead atoms. The minimum Gasteiger partial charge on any atom is -0.370 e. The Morgan fingerprint density at radius 3 is 2.60 bits per heavy atom. The monoisotopic (exact) mass is 490 g/mol. The molecule has 2 fully saturated rings. The Kier molecular flexibility index (Phi) is 5.95. The number of amides is 1. The number of alkyl halides is 3. The third kappa shape index (κ3) is 4.47. The van der Waals surface area contributed by atoms with Crippen molar-refractivity contribution in [3.63, 3.8) is 0 Å². The number of nitrogens with one attached hydrogen (secondary N) is 3. The highest BCUT2D eigenvalue weighted by Crippen LogP contribution is 2.33. The number of piperidine rings is 1. The Bertz CT molecular complexity index is 1280. The molecular weight excluding hydrogens is 465 g/mol. The number of hydrogen-bond acceptors (Lipinski definition) is 7. The van der Waals surface area contributed by atoms with Gasteiger partial charge in [0.1, 0.15) is 16.9 Å². The van der Waals surface area contributed by atoms with E-state index in [1.807, 2.05) is 6.07 Å². The molecule has 2 saturated heterocycles. The van der Waals surface area contributed by atoms with Gasteiger partial charge in [0.05, 0.1) is 11.9 Å². The summed E-state index contributed by atoms with van der Waals surface area (Å²) in [5, 5.41) is 7.52. The molecule has 1 amide bonds. The van der Waals surface area contributed by atoms with Crippen molar-refractivity contribution in [2.24, 2.45) is 0 Å². The molecule has 0 aromatic carbocycles. The van der Waals surface area contributed by atoms with Crippen LogP contribution in [0.25, 0.3) is 11.0 Å². The van der Waals surface area contributed by atoms with E-state index in [1.165, 1.54) is 0 Å². The Balaban J connectivity index is 1.22. The SMILES string of the molecule is CNC(=O)c1ccc(N2CCC(N3CCC(c4nc5[nH]nc(C(F)(F)F)c5c(=O)[nH]4)C3)CC2)cn1. The fourth-order valence-corrected chi connectivity index (χ4v) is 5.02. The van der Waals surface area contributed by atoms with Crippen molar-refractivity contribution in [2.75, 3.05) is 38.1 Å². The van der Waals surface area contributed by atoms with Crippen molar-refractivity contribution in [3.05, 3.63) is 45.9 Å². The zero-order chi connectivity index (χ0) is 24.7. The van der Waals surface area contributed by atoms with Crippen LogP contribution in [-0.2, 0) is 6.18 Å². The van der Waals surface area contributed by atoms with E-state index in [9.17, 15) is 22.8 Å². The summed E-state index contributed by atoms with van der Waals surface area (Å²) in [7, 11) is 1.57. The van der Waals surface area contributed by atoms with E-state index in [0.717, 1.165) is 44.6 Å². The predicted molar refractivity (Wildman–Crippen MR) is 121 cm³/mol. The van der Waals surface area contributed by atoms with Gasteiger partial charge in [0.25, 0.3) is 11.5 Å². The summed E-state index contributed by atoms with van der Waals surface area (Å²) in [4.78, 5) is 39.8. The van der Waals surface area contributed by atoms with E-state index in [4.69, 9.17) is 0 Å². The minimum atomic E-state index is -4.73. The van der Waals surface area contributed by atoms with E-state index in [-0.39, 0.29) is 17.5 Å². The molecule has 1 atom stereocenters. The van der Waals surface area contributed by atoms with Gasteiger partial charge in [0.15, 0.2) is 11.3 Å². The van der Waals surface area contributed by atoms with Gasteiger partial charge in [-0.15, -0.1) is 0 Å². The van der Waals surface area contributed by atoms with Gasteiger partial charge < -0.3 is 15.2 Å². The number of aromatic amines is 2. The van der Waals surface area contributed by atoms with Crippen LogP contribution in [0.3, 0.4) is 0 Å². The highest BCUT2D eigenvalue weighted by Gasteiger charge is 2.38. The lowest BCUT2D eigenvalue weighted by Crippen LogP contribution is -2.44. The number of carbonyl (C=O) groups is 1. The lowest BCUT2D eigenvalue weighted by atomic mass is 10.0. The van der Waals surface area contributed by atoms with Gasteiger partial charge in [-0.3, -0.25) is 19.6 Å². The van der Waals surface area contributed by atoms with E-state index in [2.05, 4.69) is 40.3 Å². The fraction of sp³-hybridized carbons (Fsp3) is 0.500. The summed E-state index contributed by atoms with van der Waals surface area (Å²) >= 11 is 0. The smallest absolute Gasteiger partial charge is 0.370 e. The number of likely N-dealkylation sites (tertiary alicyclic amines) is 1. The first kappa shape index (κ1) is 23.3. The Morgan fingerprint density at radius 2 is 1.94 bits per heavy atom. The number of hydrogen-bond donors (Lipinski definition) is 3. The van der Waals surface area contributed by atoms with Gasteiger partial charge in [-0.25, -0.2) is 9.97 Å². The van der Waals surface area contributed by atoms with Gasteiger partial charge in [0, 0.05) is 38.6 Å². The van der Waals surface area contributed by atoms with E-state index < -0.39 is 22.8 Å². The minimum absolute atomic E-state index is 0.0655. The number of carbonyl (C=O) groups excluding carboxylic acids is 1. The molecule has 3 N–H and O–H groups in total. The first-order valence-electron chi connectivity index (χ1n) is 11.5. The van der Waals surface area contributed by atoms with Crippen LogP contribution in [-0.4, -0.2) is 75.2 Å². The molecular formula is C22H25F3N8O2. The van der Waals surface area contributed by atoms with Gasteiger partial charge in [0.2, 0.25) is 0 Å². The maximum atomic E-state index is 13.1. The Labute approximate surface area is 197 Å². The number of fused-ring (bicyclic) bond motifs is 1. The average Bonchev–Trinajstić information content (AvgIpc) is 3.52. The van der Waals surface area contributed by atoms with Crippen LogP contribution in [0.15, 0.2) is 23.1 Å². The standard InChI is InChI=1S/C22H25F3N8O2/c1-26-20(34)15-3-2-14(10-27-15)32-8-5-13(6-9-32)33-7-4-12(11-33)18-28-19-16(21(35)29-18)17(30-31-19)22(23,24)25/h2-3,10,12-13H,4-9,11H2,1H3,(H,26,34)(H2,28,29,30,31,35). The topological polar surface area (TPSA) is 123 Å². The van der Waals surface area contributed by atoms with Crippen molar-refractivity contribution in [3.8, 4) is 0 Å². The summed E-state index contributed by atoms with van der Waals surface area (Å²) in [6.45, 7) is 3.21. The Morgan fingerprint density at radius 1 is 1.17 bits per heavy atom. The van der Waals surface area contributed by atoms with Crippen molar-refractivity contribution < 1.29 is 18.0 Å². The molecule has 0 spiro atoms. The largest absolute Gasteiger partial charge is 0.436 e. The fourth-order valence-electron chi connectivity index (χ4n) is 5.02. The van der Waals surface area contributed by atoms with Crippen molar-refractivity contribution in [1.29, 1.82) is 0 Å².